The summed E-state index contributed by atoms with van der Waals surface area (Å²) < 4.78 is 1.11. The van der Waals surface area contributed by atoms with Crippen LogP contribution in [0.25, 0.3) is 0 Å². The van der Waals surface area contributed by atoms with Crippen LogP contribution in [0.5, 0.6) is 0 Å². The Kier molecular flexibility index (Phi) is 6.71. The first-order valence-corrected chi connectivity index (χ1v) is 8.73. The number of nitrogens with one attached hydrogen (secondary N) is 1. The molecule has 1 amide bonds. The number of carbonyl (C=O) groups excluding carboxylic acids is 1. The van der Waals surface area contributed by atoms with Gasteiger partial charge in [-0.15, -0.1) is 0 Å². The number of piperidine rings is 1. The number of hydrogen-bond acceptors (Lipinski definition) is 2. The van der Waals surface area contributed by atoms with Crippen LogP contribution in [-0.2, 0) is 11.3 Å². The van der Waals surface area contributed by atoms with Gasteiger partial charge in [0.1, 0.15) is 0 Å². The molecule has 0 spiro atoms. The molecule has 1 aliphatic rings. The van der Waals surface area contributed by atoms with Gasteiger partial charge >= 0.3 is 0 Å². The van der Waals surface area contributed by atoms with Crippen LogP contribution in [0.1, 0.15) is 38.2 Å². The summed E-state index contributed by atoms with van der Waals surface area (Å²) in [5, 5.41) is 3.07. The van der Waals surface area contributed by atoms with Crippen molar-refractivity contribution in [3.05, 3.63) is 34.3 Å². The topological polar surface area (TPSA) is 32.3 Å². The fourth-order valence-corrected chi connectivity index (χ4v) is 3.06. The SMILES string of the molecule is CCCCNC(=O)C1CCCN(Cc2ccc(Br)cc2)C1. The second-order valence-electron chi connectivity index (χ2n) is 5.85. The summed E-state index contributed by atoms with van der Waals surface area (Å²) in [4.78, 5) is 14.6. The molecule has 1 saturated heterocycles. The molecule has 3 nitrogen and oxygen atoms in total. The van der Waals surface area contributed by atoms with Crippen molar-refractivity contribution < 1.29 is 4.79 Å². The first-order valence-electron chi connectivity index (χ1n) is 7.93. The second kappa shape index (κ2) is 8.54. The van der Waals surface area contributed by atoms with Gasteiger partial charge in [-0.2, -0.15) is 0 Å². The second-order valence-corrected chi connectivity index (χ2v) is 6.76. The minimum Gasteiger partial charge on any atom is -0.356 e. The van der Waals surface area contributed by atoms with Crippen LogP contribution < -0.4 is 5.32 Å². The third-order valence-corrected chi connectivity index (χ3v) is 4.55. The maximum absolute atomic E-state index is 12.2. The summed E-state index contributed by atoms with van der Waals surface area (Å²) in [5.41, 5.74) is 1.31. The average molecular weight is 353 g/mol. The van der Waals surface area contributed by atoms with Gasteiger partial charge in [-0.3, -0.25) is 9.69 Å². The van der Waals surface area contributed by atoms with Crippen LogP contribution in [0.2, 0.25) is 0 Å². The van der Waals surface area contributed by atoms with E-state index in [1.54, 1.807) is 0 Å². The number of hydrogen-bond donors (Lipinski definition) is 1. The smallest absolute Gasteiger partial charge is 0.224 e. The van der Waals surface area contributed by atoms with Gasteiger partial charge in [0, 0.05) is 24.1 Å². The minimum absolute atomic E-state index is 0.158. The first-order chi connectivity index (χ1) is 10.2. The van der Waals surface area contributed by atoms with Crippen molar-refractivity contribution in [2.45, 2.75) is 39.2 Å². The van der Waals surface area contributed by atoms with Crippen molar-refractivity contribution in [2.75, 3.05) is 19.6 Å². The Balaban J connectivity index is 1.82. The van der Waals surface area contributed by atoms with Crippen molar-refractivity contribution in [2.24, 2.45) is 5.92 Å². The Morgan fingerprint density at radius 2 is 2.14 bits per heavy atom. The Hall–Kier alpha value is -0.870. The van der Waals surface area contributed by atoms with E-state index < -0.39 is 0 Å². The maximum atomic E-state index is 12.2. The molecule has 1 atom stereocenters. The predicted octanol–water partition coefficient (Wildman–Crippen LogP) is 3.58. The zero-order chi connectivity index (χ0) is 15.1. The van der Waals surface area contributed by atoms with Crippen LogP contribution in [-0.4, -0.2) is 30.4 Å². The molecule has 1 aromatic carbocycles. The first kappa shape index (κ1) is 16.5. The molecule has 1 heterocycles. The fourth-order valence-electron chi connectivity index (χ4n) is 2.79. The largest absolute Gasteiger partial charge is 0.356 e. The van der Waals surface area contributed by atoms with Crippen LogP contribution >= 0.6 is 15.9 Å². The number of unbranched alkanes of at least 4 members (excludes halogenated alkanes) is 1. The fraction of sp³-hybridized carbons (Fsp3) is 0.588. The highest BCUT2D eigenvalue weighted by atomic mass is 79.9. The molecule has 1 aliphatic heterocycles. The number of nitrogens with zero attached hydrogens (tertiary/aromatic N) is 1. The number of benzene rings is 1. The summed E-state index contributed by atoms with van der Waals surface area (Å²) in [7, 11) is 0. The number of rotatable bonds is 6. The van der Waals surface area contributed by atoms with Gasteiger partial charge in [0.05, 0.1) is 5.92 Å². The summed E-state index contributed by atoms with van der Waals surface area (Å²) >= 11 is 3.46. The van der Waals surface area contributed by atoms with Crippen LogP contribution in [0, 0.1) is 5.92 Å². The Morgan fingerprint density at radius 1 is 1.38 bits per heavy atom. The molecule has 4 heteroatoms. The predicted molar refractivity (Wildman–Crippen MR) is 90.1 cm³/mol. The van der Waals surface area contributed by atoms with E-state index in [0.29, 0.717) is 0 Å². The zero-order valence-electron chi connectivity index (χ0n) is 12.8. The van der Waals surface area contributed by atoms with Crippen molar-refractivity contribution in [1.29, 1.82) is 0 Å². The van der Waals surface area contributed by atoms with E-state index in [1.807, 2.05) is 0 Å². The summed E-state index contributed by atoms with van der Waals surface area (Å²) in [5.74, 6) is 0.398. The molecule has 0 bridgehead atoms. The van der Waals surface area contributed by atoms with E-state index in [9.17, 15) is 4.79 Å². The Morgan fingerprint density at radius 3 is 2.86 bits per heavy atom. The van der Waals surface area contributed by atoms with Gasteiger partial charge in [-0.1, -0.05) is 41.4 Å². The third kappa shape index (κ3) is 5.44. The molecule has 0 aliphatic carbocycles. The highest BCUT2D eigenvalue weighted by Crippen LogP contribution is 2.19. The number of carbonyl (C=O) groups is 1. The summed E-state index contributed by atoms with van der Waals surface area (Å²) in [6.07, 6.45) is 4.33. The van der Waals surface area contributed by atoms with Crippen molar-refractivity contribution >= 4 is 21.8 Å². The molecule has 1 aromatic rings. The van der Waals surface area contributed by atoms with E-state index in [0.717, 1.165) is 56.3 Å². The third-order valence-electron chi connectivity index (χ3n) is 4.03. The van der Waals surface area contributed by atoms with Crippen LogP contribution in [0.15, 0.2) is 28.7 Å². The lowest BCUT2D eigenvalue weighted by Gasteiger charge is -2.32. The van der Waals surface area contributed by atoms with Crippen molar-refractivity contribution in [3.8, 4) is 0 Å². The molecule has 0 radical (unpaired) electrons. The van der Waals surface area contributed by atoms with Crippen LogP contribution in [0.3, 0.4) is 0 Å². The summed E-state index contributed by atoms with van der Waals surface area (Å²) in [6, 6.07) is 8.45. The molecule has 2 rings (SSSR count). The Bertz CT molecular complexity index is 447. The monoisotopic (exact) mass is 352 g/mol. The van der Waals surface area contributed by atoms with Gasteiger partial charge in [-0.25, -0.2) is 0 Å². The quantitative estimate of drug-likeness (QED) is 0.793. The van der Waals surface area contributed by atoms with Gasteiger partial charge in [0.2, 0.25) is 5.91 Å². The molecule has 1 fully saturated rings. The van der Waals surface area contributed by atoms with E-state index in [-0.39, 0.29) is 11.8 Å². The van der Waals surface area contributed by atoms with E-state index in [1.165, 1.54) is 5.56 Å². The average Bonchev–Trinajstić information content (AvgIpc) is 2.50. The molecular formula is C17H25BrN2O. The number of likely N-dealkylation sites (tertiary alicyclic amines) is 1. The zero-order valence-corrected chi connectivity index (χ0v) is 14.4. The molecule has 1 N–H and O–H groups in total. The van der Waals surface area contributed by atoms with E-state index in [2.05, 4.69) is 57.3 Å². The molecule has 0 aromatic heterocycles. The number of halogens is 1. The van der Waals surface area contributed by atoms with Gasteiger partial charge < -0.3 is 5.32 Å². The highest BCUT2D eigenvalue weighted by Gasteiger charge is 2.25. The maximum Gasteiger partial charge on any atom is 0.224 e. The minimum atomic E-state index is 0.158. The molecule has 0 saturated carbocycles. The Labute approximate surface area is 136 Å². The van der Waals surface area contributed by atoms with Crippen LogP contribution in [0.4, 0.5) is 0 Å². The van der Waals surface area contributed by atoms with E-state index >= 15 is 0 Å². The standard InChI is InChI=1S/C17H25BrN2O/c1-2-3-10-19-17(21)15-5-4-11-20(13-15)12-14-6-8-16(18)9-7-14/h6-9,15H,2-5,10-13H2,1H3,(H,19,21). The van der Waals surface area contributed by atoms with Crippen molar-refractivity contribution in [3.63, 3.8) is 0 Å². The lowest BCUT2D eigenvalue weighted by Crippen LogP contribution is -2.42. The van der Waals surface area contributed by atoms with Gasteiger partial charge in [0.15, 0.2) is 0 Å². The van der Waals surface area contributed by atoms with Gasteiger partial charge in [0.25, 0.3) is 0 Å². The van der Waals surface area contributed by atoms with Crippen molar-refractivity contribution in [1.82, 2.24) is 10.2 Å². The molecular weight excluding hydrogens is 328 g/mol. The normalized spacial score (nSPS) is 19.4. The van der Waals surface area contributed by atoms with Gasteiger partial charge in [-0.05, 0) is 43.5 Å². The summed E-state index contributed by atoms with van der Waals surface area (Å²) in [6.45, 7) is 5.88. The molecule has 116 valence electrons. The lowest BCUT2D eigenvalue weighted by atomic mass is 9.96. The number of amides is 1. The lowest BCUT2D eigenvalue weighted by molar-refractivity contribution is -0.126. The molecule has 21 heavy (non-hydrogen) atoms. The highest BCUT2D eigenvalue weighted by molar-refractivity contribution is 9.10. The van der Waals surface area contributed by atoms with E-state index in [4.69, 9.17) is 0 Å². The molecule has 1 unspecified atom stereocenters.